The van der Waals surface area contributed by atoms with E-state index in [1.165, 1.54) is 37.8 Å². The van der Waals surface area contributed by atoms with Crippen molar-refractivity contribution in [3.63, 3.8) is 0 Å². The SMILES string of the molecule is O=C(Nc1ccc(NCC2CCCC2)cc1)c1ccc(S(=O)(=O)C(F)F)cc1. The Kier molecular flexibility index (Phi) is 6.28. The Hall–Kier alpha value is -2.48. The largest absolute Gasteiger partial charge is 0.385 e. The summed E-state index contributed by atoms with van der Waals surface area (Å²) in [7, 11) is -4.67. The van der Waals surface area contributed by atoms with Crippen LogP contribution < -0.4 is 10.6 Å². The minimum atomic E-state index is -4.67. The predicted molar refractivity (Wildman–Crippen MR) is 104 cm³/mol. The summed E-state index contributed by atoms with van der Waals surface area (Å²) in [5.74, 6) is -3.23. The van der Waals surface area contributed by atoms with E-state index in [4.69, 9.17) is 0 Å². The van der Waals surface area contributed by atoms with Crippen LogP contribution in [-0.2, 0) is 9.84 Å². The molecule has 0 bridgehead atoms. The maximum absolute atomic E-state index is 12.5. The molecule has 0 unspecified atom stereocenters. The molecule has 0 heterocycles. The topological polar surface area (TPSA) is 75.3 Å². The molecule has 150 valence electrons. The quantitative estimate of drug-likeness (QED) is 0.705. The van der Waals surface area contributed by atoms with Gasteiger partial charge in [0.2, 0.25) is 9.84 Å². The molecule has 2 N–H and O–H groups in total. The van der Waals surface area contributed by atoms with Crippen molar-refractivity contribution in [1.82, 2.24) is 0 Å². The van der Waals surface area contributed by atoms with E-state index in [1.54, 1.807) is 12.1 Å². The number of carbonyl (C=O) groups is 1. The van der Waals surface area contributed by atoms with Crippen molar-refractivity contribution in [3.8, 4) is 0 Å². The first-order valence-electron chi connectivity index (χ1n) is 9.13. The maximum atomic E-state index is 12.5. The molecule has 1 saturated carbocycles. The summed E-state index contributed by atoms with van der Waals surface area (Å²) in [4.78, 5) is 11.8. The molecule has 0 aliphatic heterocycles. The zero-order valence-electron chi connectivity index (χ0n) is 15.2. The highest BCUT2D eigenvalue weighted by atomic mass is 32.2. The van der Waals surface area contributed by atoms with Gasteiger partial charge in [-0.05, 0) is 67.3 Å². The second-order valence-corrected chi connectivity index (χ2v) is 8.81. The summed E-state index contributed by atoms with van der Waals surface area (Å²) in [6.45, 7) is 0.944. The highest BCUT2D eigenvalue weighted by molar-refractivity contribution is 7.91. The van der Waals surface area contributed by atoms with Crippen molar-refractivity contribution in [3.05, 3.63) is 54.1 Å². The van der Waals surface area contributed by atoms with Gasteiger partial charge in [-0.2, -0.15) is 8.78 Å². The standard InChI is InChI=1S/C20H22F2N2O3S/c21-20(22)28(26,27)18-11-5-15(6-12-18)19(25)24-17-9-7-16(8-10-17)23-13-14-3-1-2-4-14/h5-12,14,20,23H,1-4,13H2,(H,24,25). The van der Waals surface area contributed by atoms with E-state index in [2.05, 4.69) is 10.6 Å². The Balaban J connectivity index is 1.58. The van der Waals surface area contributed by atoms with Crippen LogP contribution in [0, 0.1) is 5.92 Å². The summed E-state index contributed by atoms with van der Waals surface area (Å²) < 4.78 is 47.9. The van der Waals surface area contributed by atoms with Crippen LogP contribution in [0.3, 0.4) is 0 Å². The van der Waals surface area contributed by atoms with Gasteiger partial charge in [-0.25, -0.2) is 8.42 Å². The fraction of sp³-hybridized carbons (Fsp3) is 0.350. The van der Waals surface area contributed by atoms with Gasteiger partial charge in [-0.3, -0.25) is 4.79 Å². The van der Waals surface area contributed by atoms with Gasteiger partial charge in [-0.1, -0.05) is 12.8 Å². The number of hydrogen-bond acceptors (Lipinski definition) is 4. The van der Waals surface area contributed by atoms with Crippen molar-refractivity contribution in [2.75, 3.05) is 17.2 Å². The van der Waals surface area contributed by atoms with E-state index < -0.39 is 26.4 Å². The number of halogens is 2. The number of hydrogen-bond donors (Lipinski definition) is 2. The highest BCUT2D eigenvalue weighted by Gasteiger charge is 2.26. The smallest absolute Gasteiger partial charge is 0.341 e. The Bertz CT molecular complexity index is 907. The molecule has 1 fully saturated rings. The van der Waals surface area contributed by atoms with E-state index in [0.717, 1.165) is 30.3 Å². The van der Waals surface area contributed by atoms with Crippen LogP contribution in [-0.4, -0.2) is 26.6 Å². The number of anilines is 2. The van der Waals surface area contributed by atoms with Gasteiger partial charge in [-0.15, -0.1) is 0 Å². The van der Waals surface area contributed by atoms with Crippen molar-refractivity contribution in [1.29, 1.82) is 0 Å². The van der Waals surface area contributed by atoms with Crippen molar-refractivity contribution in [2.24, 2.45) is 5.92 Å². The number of carbonyl (C=O) groups excluding carboxylic acids is 1. The normalized spacial score (nSPS) is 15.0. The lowest BCUT2D eigenvalue weighted by atomic mass is 10.1. The fourth-order valence-corrected chi connectivity index (χ4v) is 3.97. The van der Waals surface area contributed by atoms with E-state index in [9.17, 15) is 22.0 Å². The van der Waals surface area contributed by atoms with Crippen molar-refractivity contribution < 1.29 is 22.0 Å². The lowest BCUT2D eigenvalue weighted by molar-refractivity contribution is 0.102. The zero-order chi connectivity index (χ0) is 20.1. The van der Waals surface area contributed by atoms with Gasteiger partial charge in [0.05, 0.1) is 4.90 Å². The molecule has 2 aromatic rings. The summed E-state index contributed by atoms with van der Waals surface area (Å²) >= 11 is 0. The molecule has 28 heavy (non-hydrogen) atoms. The second-order valence-electron chi connectivity index (χ2n) is 6.89. The van der Waals surface area contributed by atoms with Gasteiger partial charge in [0.25, 0.3) is 5.91 Å². The number of sulfone groups is 1. The molecular weight excluding hydrogens is 386 g/mol. The van der Waals surface area contributed by atoms with E-state index in [-0.39, 0.29) is 5.56 Å². The monoisotopic (exact) mass is 408 g/mol. The van der Waals surface area contributed by atoms with Crippen molar-refractivity contribution in [2.45, 2.75) is 36.3 Å². The Morgan fingerprint density at radius 1 is 0.964 bits per heavy atom. The molecule has 8 heteroatoms. The van der Waals surface area contributed by atoms with Crippen LogP contribution in [0.2, 0.25) is 0 Å². The van der Waals surface area contributed by atoms with E-state index in [1.807, 2.05) is 12.1 Å². The minimum Gasteiger partial charge on any atom is -0.385 e. The van der Waals surface area contributed by atoms with Gasteiger partial charge >= 0.3 is 5.76 Å². The highest BCUT2D eigenvalue weighted by Crippen LogP contribution is 2.25. The Morgan fingerprint density at radius 3 is 2.11 bits per heavy atom. The third-order valence-corrected chi connectivity index (χ3v) is 6.29. The van der Waals surface area contributed by atoms with Crippen LogP contribution in [0.25, 0.3) is 0 Å². The van der Waals surface area contributed by atoms with Crippen LogP contribution in [0.5, 0.6) is 0 Å². The lowest BCUT2D eigenvalue weighted by Gasteiger charge is -2.12. The van der Waals surface area contributed by atoms with E-state index in [0.29, 0.717) is 5.69 Å². The molecule has 0 atom stereocenters. The molecule has 0 aromatic heterocycles. The lowest BCUT2D eigenvalue weighted by Crippen LogP contribution is -2.14. The average Bonchev–Trinajstić information content (AvgIpc) is 3.21. The first kappa shape index (κ1) is 20.3. The summed E-state index contributed by atoms with van der Waals surface area (Å²) in [6.07, 6.45) is 5.12. The van der Waals surface area contributed by atoms with Gasteiger partial charge in [0.15, 0.2) is 0 Å². The zero-order valence-corrected chi connectivity index (χ0v) is 16.0. The second kappa shape index (κ2) is 8.68. The number of nitrogens with one attached hydrogen (secondary N) is 2. The summed E-state index contributed by atoms with van der Waals surface area (Å²) in [6, 6.07) is 11.7. The molecule has 0 saturated heterocycles. The minimum absolute atomic E-state index is 0.177. The summed E-state index contributed by atoms with van der Waals surface area (Å²) in [5.41, 5.74) is 1.74. The van der Waals surface area contributed by atoms with Gasteiger partial charge in [0, 0.05) is 23.5 Å². The average molecular weight is 408 g/mol. The molecule has 0 spiro atoms. The Morgan fingerprint density at radius 2 is 1.54 bits per heavy atom. The predicted octanol–water partition coefficient (Wildman–Crippen LogP) is 4.54. The van der Waals surface area contributed by atoms with Crippen LogP contribution in [0.15, 0.2) is 53.4 Å². The van der Waals surface area contributed by atoms with Crippen LogP contribution >= 0.6 is 0 Å². The Labute approximate surface area is 163 Å². The first-order chi connectivity index (χ1) is 13.4. The number of alkyl halides is 2. The third-order valence-electron chi connectivity index (χ3n) is 4.89. The molecule has 3 rings (SSSR count). The number of benzene rings is 2. The van der Waals surface area contributed by atoms with Gasteiger partial charge in [0.1, 0.15) is 0 Å². The van der Waals surface area contributed by atoms with Crippen LogP contribution in [0.4, 0.5) is 20.2 Å². The molecule has 1 amide bonds. The maximum Gasteiger partial charge on any atom is 0.341 e. The number of amides is 1. The third kappa shape index (κ3) is 4.86. The molecule has 5 nitrogen and oxygen atoms in total. The number of rotatable bonds is 7. The van der Waals surface area contributed by atoms with Crippen LogP contribution in [0.1, 0.15) is 36.0 Å². The van der Waals surface area contributed by atoms with Crippen molar-refractivity contribution >= 4 is 27.1 Å². The molecule has 2 aromatic carbocycles. The molecule has 0 radical (unpaired) electrons. The molecular formula is C20H22F2N2O3S. The first-order valence-corrected chi connectivity index (χ1v) is 10.7. The molecule has 1 aliphatic rings. The fourth-order valence-electron chi connectivity index (χ4n) is 3.25. The van der Waals surface area contributed by atoms with Gasteiger partial charge < -0.3 is 10.6 Å². The summed E-state index contributed by atoms with van der Waals surface area (Å²) in [5, 5.41) is 6.10. The van der Waals surface area contributed by atoms with E-state index >= 15 is 0 Å². The molecule has 1 aliphatic carbocycles.